The fourth-order valence-corrected chi connectivity index (χ4v) is 7.48. The summed E-state index contributed by atoms with van der Waals surface area (Å²) >= 11 is 0. The SMILES string of the molecule is O=S(=O)(O)c1ccc(-c2nnc(-c3cccnc3-c3nnc(-c4ccc(S(=O)(=O)O)cc4)c(-c4ccc(S(=O)(=O)O)cc4)n3)nc2-c2ccc(S(=O)(=O)O)cc2)cc1.[Na]. The van der Waals surface area contributed by atoms with E-state index in [-0.39, 0.29) is 80.8 Å². The molecule has 0 amide bonds. The van der Waals surface area contributed by atoms with Crippen molar-refractivity contribution in [2.24, 2.45) is 0 Å². The average Bonchev–Trinajstić information content (AvgIpc) is 3.19. The van der Waals surface area contributed by atoms with Gasteiger partial charge >= 0.3 is 0 Å². The Morgan fingerprint density at radius 2 is 0.661 bits per heavy atom. The molecule has 4 aromatic carbocycles. The molecule has 3 aromatic heterocycles. The molecular weight excluding hydrogens is 862 g/mol. The van der Waals surface area contributed by atoms with Crippen LogP contribution in [0.2, 0.25) is 0 Å². The molecule has 0 fully saturated rings. The number of rotatable bonds is 10. The summed E-state index contributed by atoms with van der Waals surface area (Å²) in [5.74, 6) is -0.155. The van der Waals surface area contributed by atoms with E-state index in [2.05, 4.69) is 25.4 Å². The van der Waals surface area contributed by atoms with Crippen molar-refractivity contribution in [2.75, 3.05) is 0 Å². The molecule has 0 aliphatic heterocycles. The standard InChI is InChI=1S/C35H23N7O12S4.Na/c43-55(44,45)24-11-3-20(4-12-24)29-31(22-7-15-26(16-8-22)57(49,50)51)39-41-34(37-29)28-2-1-19-36-33(28)35-38-30(21-5-13-25(14-6-21)56(46,47)48)32(40-42-35)23-9-17-27(18-10-23)58(52,53)54;/h1-19H,(H,43,44,45)(H,46,47,48)(H,49,50,51)(H,52,53,54);. The minimum Gasteiger partial charge on any atom is -0.282 e. The van der Waals surface area contributed by atoms with Crippen LogP contribution in [0.15, 0.2) is 135 Å². The first-order chi connectivity index (χ1) is 27.3. The van der Waals surface area contributed by atoms with Crippen molar-refractivity contribution in [3.05, 3.63) is 115 Å². The molecule has 0 bridgehead atoms. The van der Waals surface area contributed by atoms with Crippen LogP contribution in [0.5, 0.6) is 0 Å². The molecule has 24 heteroatoms. The molecule has 0 atom stereocenters. The summed E-state index contributed by atoms with van der Waals surface area (Å²) in [5, 5.41) is 17.3. The van der Waals surface area contributed by atoms with Crippen LogP contribution < -0.4 is 0 Å². The molecular formula is C35H23N7NaO12S4. The second-order valence-electron chi connectivity index (χ2n) is 12.1. The van der Waals surface area contributed by atoms with Crippen molar-refractivity contribution in [1.29, 1.82) is 0 Å². The number of pyridine rings is 1. The summed E-state index contributed by atoms with van der Waals surface area (Å²) in [5.41, 5.74) is 1.87. The normalized spacial score (nSPS) is 12.1. The Balaban J connectivity index is 0.00000585. The molecule has 59 heavy (non-hydrogen) atoms. The van der Waals surface area contributed by atoms with E-state index in [1.165, 1.54) is 54.7 Å². The summed E-state index contributed by atoms with van der Waals surface area (Å²) < 4.78 is 132. The van der Waals surface area contributed by atoms with Crippen molar-refractivity contribution < 1.29 is 51.9 Å². The van der Waals surface area contributed by atoms with Crippen LogP contribution >= 0.6 is 0 Å². The second kappa shape index (κ2) is 16.4. The van der Waals surface area contributed by atoms with E-state index in [1.807, 2.05) is 0 Å². The van der Waals surface area contributed by atoms with Gasteiger partial charge in [-0.25, -0.2) is 9.97 Å². The van der Waals surface area contributed by atoms with Crippen LogP contribution in [0.4, 0.5) is 0 Å². The molecule has 0 saturated heterocycles. The van der Waals surface area contributed by atoms with Crippen LogP contribution in [-0.4, -0.2) is 117 Å². The van der Waals surface area contributed by atoms with Gasteiger partial charge in [0, 0.05) is 58.0 Å². The summed E-state index contributed by atoms with van der Waals surface area (Å²) in [4.78, 5) is 12.3. The van der Waals surface area contributed by atoms with Gasteiger partial charge in [-0.1, -0.05) is 48.5 Å². The maximum absolute atomic E-state index is 11.8. The molecule has 0 aliphatic rings. The summed E-state index contributed by atoms with van der Waals surface area (Å²) in [6.45, 7) is 0. The third kappa shape index (κ3) is 9.45. The van der Waals surface area contributed by atoms with E-state index in [1.54, 1.807) is 12.1 Å². The van der Waals surface area contributed by atoms with Gasteiger partial charge in [0.15, 0.2) is 5.82 Å². The van der Waals surface area contributed by atoms with Crippen molar-refractivity contribution in [1.82, 2.24) is 35.3 Å². The van der Waals surface area contributed by atoms with Gasteiger partial charge in [-0.3, -0.25) is 23.2 Å². The maximum atomic E-state index is 11.8. The molecule has 0 aliphatic carbocycles. The van der Waals surface area contributed by atoms with Gasteiger partial charge in [0.1, 0.15) is 28.5 Å². The zero-order valence-corrected chi connectivity index (χ0v) is 35.1. The van der Waals surface area contributed by atoms with Gasteiger partial charge in [0.2, 0.25) is 5.82 Å². The van der Waals surface area contributed by atoms with Crippen LogP contribution in [0.25, 0.3) is 67.9 Å². The Hall–Kier alpha value is -5.31. The first-order valence-electron chi connectivity index (χ1n) is 16.0. The quantitative estimate of drug-likeness (QED) is 0.111. The van der Waals surface area contributed by atoms with Gasteiger partial charge in [0.05, 0.1) is 25.1 Å². The summed E-state index contributed by atoms with van der Waals surface area (Å²) in [6.07, 6.45) is 1.41. The number of benzene rings is 4. The summed E-state index contributed by atoms with van der Waals surface area (Å²) in [7, 11) is -18.2. The van der Waals surface area contributed by atoms with Crippen LogP contribution in [0.1, 0.15) is 0 Å². The van der Waals surface area contributed by atoms with E-state index >= 15 is 0 Å². The second-order valence-corrected chi connectivity index (χ2v) is 17.7. The fraction of sp³-hybridized carbons (Fsp3) is 0. The van der Waals surface area contributed by atoms with Crippen LogP contribution in [0, 0.1) is 0 Å². The predicted molar refractivity (Wildman–Crippen MR) is 209 cm³/mol. The Morgan fingerprint density at radius 1 is 0.356 bits per heavy atom. The number of nitrogens with zero attached hydrogens (tertiary/aromatic N) is 7. The summed E-state index contributed by atoms with van der Waals surface area (Å²) in [6, 6.07) is 23.0. The van der Waals surface area contributed by atoms with E-state index < -0.39 is 60.1 Å². The van der Waals surface area contributed by atoms with E-state index in [9.17, 15) is 51.9 Å². The fourth-order valence-electron chi connectivity index (χ4n) is 5.56. The molecule has 0 saturated carbocycles. The maximum Gasteiger partial charge on any atom is 0.294 e. The number of hydrogen-bond donors (Lipinski definition) is 4. The number of aromatic nitrogens is 7. The first-order valence-corrected chi connectivity index (χ1v) is 21.8. The Labute approximate surface area is 357 Å². The number of hydrogen-bond acceptors (Lipinski definition) is 15. The van der Waals surface area contributed by atoms with Gasteiger partial charge in [-0.2, -0.15) is 33.7 Å². The zero-order valence-electron chi connectivity index (χ0n) is 29.8. The smallest absolute Gasteiger partial charge is 0.282 e. The van der Waals surface area contributed by atoms with Crippen LogP contribution in [-0.2, 0) is 40.5 Å². The zero-order chi connectivity index (χ0) is 41.6. The molecule has 1 radical (unpaired) electrons. The Bertz CT molecular complexity index is 2980. The van der Waals surface area contributed by atoms with E-state index in [0.29, 0.717) is 16.7 Å². The minimum absolute atomic E-state index is 0. The van der Waals surface area contributed by atoms with Gasteiger partial charge in [0.25, 0.3) is 40.5 Å². The van der Waals surface area contributed by atoms with E-state index in [0.717, 1.165) is 48.5 Å². The van der Waals surface area contributed by atoms with Gasteiger partial charge < -0.3 is 0 Å². The van der Waals surface area contributed by atoms with Crippen molar-refractivity contribution in [3.63, 3.8) is 0 Å². The van der Waals surface area contributed by atoms with Gasteiger partial charge in [-0.05, 0) is 60.7 Å². The van der Waals surface area contributed by atoms with Crippen LogP contribution in [0.3, 0.4) is 0 Å². The predicted octanol–water partition coefficient (Wildman–Crippen LogP) is 4.06. The van der Waals surface area contributed by atoms with Crippen molar-refractivity contribution in [2.45, 2.75) is 19.6 Å². The third-order valence-corrected chi connectivity index (χ3v) is 11.8. The van der Waals surface area contributed by atoms with Gasteiger partial charge in [-0.15, -0.1) is 20.4 Å². The Kier molecular flexibility index (Phi) is 12.0. The molecule has 0 spiro atoms. The Morgan fingerprint density at radius 3 is 1.00 bits per heavy atom. The largest absolute Gasteiger partial charge is 0.294 e. The third-order valence-electron chi connectivity index (χ3n) is 8.34. The monoisotopic (exact) mass is 884 g/mol. The molecule has 295 valence electrons. The minimum atomic E-state index is -4.56. The molecule has 19 nitrogen and oxygen atoms in total. The van der Waals surface area contributed by atoms with Crippen molar-refractivity contribution in [3.8, 4) is 67.9 Å². The molecule has 7 aromatic rings. The molecule has 4 N–H and O–H groups in total. The van der Waals surface area contributed by atoms with Crippen molar-refractivity contribution >= 4 is 70.0 Å². The first kappa shape index (κ1) is 43.3. The molecule has 7 rings (SSSR count). The molecule has 3 heterocycles. The topological polar surface area (TPSA) is 308 Å². The molecule has 0 unspecified atom stereocenters. The average molecular weight is 885 g/mol. The van der Waals surface area contributed by atoms with E-state index in [4.69, 9.17) is 9.97 Å².